The fourth-order valence-corrected chi connectivity index (χ4v) is 2.74. The number of carbonyl (C=O) groups is 2. The molecule has 0 spiro atoms. The smallest absolute Gasteiger partial charge is 0.303 e. The van der Waals surface area contributed by atoms with Crippen molar-refractivity contribution >= 4 is 23.5 Å². The SMILES string of the molecule is CC(C)(CNC(=O)c1cc(Cl)cc2c1OCCC2)CC(=O)O. The van der Waals surface area contributed by atoms with Crippen molar-refractivity contribution in [3.63, 3.8) is 0 Å². The van der Waals surface area contributed by atoms with Crippen LogP contribution < -0.4 is 10.1 Å². The third kappa shape index (κ3) is 4.13. The van der Waals surface area contributed by atoms with Crippen LogP contribution in [0.3, 0.4) is 0 Å². The van der Waals surface area contributed by atoms with Gasteiger partial charge in [-0.1, -0.05) is 25.4 Å². The van der Waals surface area contributed by atoms with Crippen molar-refractivity contribution in [1.29, 1.82) is 0 Å². The third-order valence-corrected chi connectivity index (χ3v) is 3.79. The molecule has 0 atom stereocenters. The van der Waals surface area contributed by atoms with E-state index in [1.165, 1.54) is 0 Å². The van der Waals surface area contributed by atoms with Gasteiger partial charge in [0.2, 0.25) is 0 Å². The van der Waals surface area contributed by atoms with Gasteiger partial charge in [0.15, 0.2) is 0 Å². The lowest BCUT2D eigenvalue weighted by atomic mass is 9.89. The highest BCUT2D eigenvalue weighted by Crippen LogP contribution is 2.32. The molecule has 0 aromatic heterocycles. The number of aliphatic carboxylic acids is 1. The number of carboxylic acids is 1. The van der Waals surface area contributed by atoms with Crippen molar-refractivity contribution in [1.82, 2.24) is 5.32 Å². The molecule has 1 aliphatic heterocycles. The molecule has 2 rings (SSSR count). The minimum Gasteiger partial charge on any atom is -0.492 e. The summed E-state index contributed by atoms with van der Waals surface area (Å²) < 4.78 is 5.61. The Balaban J connectivity index is 2.13. The molecule has 22 heavy (non-hydrogen) atoms. The zero-order chi connectivity index (χ0) is 16.3. The number of hydrogen-bond acceptors (Lipinski definition) is 3. The standard InChI is InChI=1S/C16H20ClNO4/c1-16(2,8-13(19)20)9-18-15(21)12-7-11(17)6-10-4-3-5-22-14(10)12/h6-7H,3-5,8-9H2,1-2H3,(H,18,21)(H,19,20). The van der Waals surface area contributed by atoms with E-state index < -0.39 is 11.4 Å². The molecule has 0 fully saturated rings. The van der Waals surface area contributed by atoms with E-state index >= 15 is 0 Å². The van der Waals surface area contributed by atoms with Crippen LogP contribution >= 0.6 is 11.6 Å². The van der Waals surface area contributed by atoms with Crippen LogP contribution in [-0.2, 0) is 11.2 Å². The Morgan fingerprint density at radius 1 is 1.41 bits per heavy atom. The summed E-state index contributed by atoms with van der Waals surface area (Å²) >= 11 is 6.07. The summed E-state index contributed by atoms with van der Waals surface area (Å²) in [6, 6.07) is 3.41. The average Bonchev–Trinajstić information content (AvgIpc) is 2.42. The summed E-state index contributed by atoms with van der Waals surface area (Å²) in [7, 11) is 0. The molecule has 1 aromatic carbocycles. The summed E-state index contributed by atoms with van der Waals surface area (Å²) in [4.78, 5) is 23.2. The molecule has 2 N–H and O–H groups in total. The number of ether oxygens (including phenoxy) is 1. The van der Waals surface area contributed by atoms with Crippen molar-refractivity contribution in [3.8, 4) is 5.75 Å². The highest BCUT2D eigenvalue weighted by Gasteiger charge is 2.25. The van der Waals surface area contributed by atoms with E-state index in [-0.39, 0.29) is 18.9 Å². The molecule has 1 amide bonds. The normalized spacial score (nSPS) is 14.0. The van der Waals surface area contributed by atoms with E-state index in [0.717, 1.165) is 18.4 Å². The van der Waals surface area contributed by atoms with Crippen molar-refractivity contribution in [2.45, 2.75) is 33.1 Å². The second kappa shape index (κ2) is 6.57. The predicted octanol–water partition coefficient (Wildman–Crippen LogP) is 2.90. The summed E-state index contributed by atoms with van der Waals surface area (Å²) in [6.45, 7) is 4.44. The average molecular weight is 326 g/mol. The molecule has 0 aliphatic carbocycles. The Hall–Kier alpha value is -1.75. The van der Waals surface area contributed by atoms with Crippen molar-refractivity contribution < 1.29 is 19.4 Å². The van der Waals surface area contributed by atoms with Gasteiger partial charge in [-0.2, -0.15) is 0 Å². The van der Waals surface area contributed by atoms with Crippen molar-refractivity contribution in [2.75, 3.05) is 13.2 Å². The zero-order valence-electron chi connectivity index (χ0n) is 12.7. The zero-order valence-corrected chi connectivity index (χ0v) is 13.5. The van der Waals surface area contributed by atoms with Gasteiger partial charge in [-0.3, -0.25) is 9.59 Å². The number of fused-ring (bicyclic) bond motifs is 1. The number of aryl methyl sites for hydroxylation is 1. The van der Waals surface area contributed by atoms with Gasteiger partial charge in [0.05, 0.1) is 18.6 Å². The first-order valence-electron chi connectivity index (χ1n) is 7.24. The molecule has 0 saturated heterocycles. The highest BCUT2D eigenvalue weighted by atomic mass is 35.5. The lowest BCUT2D eigenvalue weighted by molar-refractivity contribution is -0.139. The van der Waals surface area contributed by atoms with E-state index in [2.05, 4.69) is 5.32 Å². The molecular formula is C16H20ClNO4. The first-order chi connectivity index (χ1) is 10.3. The van der Waals surface area contributed by atoms with Crippen LogP contribution in [0.15, 0.2) is 12.1 Å². The first kappa shape index (κ1) is 16.6. The monoisotopic (exact) mass is 325 g/mol. The number of hydrogen-bond donors (Lipinski definition) is 2. The molecule has 5 nitrogen and oxygen atoms in total. The molecule has 120 valence electrons. The first-order valence-corrected chi connectivity index (χ1v) is 7.61. The van der Waals surface area contributed by atoms with Gasteiger partial charge in [-0.25, -0.2) is 0 Å². The van der Waals surface area contributed by atoms with E-state index in [9.17, 15) is 9.59 Å². The van der Waals surface area contributed by atoms with Crippen LogP contribution in [0.5, 0.6) is 5.75 Å². The lowest BCUT2D eigenvalue weighted by Gasteiger charge is -2.24. The maximum atomic E-state index is 12.4. The van der Waals surface area contributed by atoms with Gasteiger partial charge in [-0.15, -0.1) is 0 Å². The summed E-state index contributed by atoms with van der Waals surface area (Å²) in [5.74, 6) is -0.592. The predicted molar refractivity (Wildman–Crippen MR) is 83.6 cm³/mol. The summed E-state index contributed by atoms with van der Waals surface area (Å²) in [5.41, 5.74) is 0.822. The number of carboxylic acid groups (broad SMARTS) is 1. The van der Waals surface area contributed by atoms with E-state index in [4.69, 9.17) is 21.4 Å². The van der Waals surface area contributed by atoms with Gasteiger partial charge >= 0.3 is 5.97 Å². The number of halogens is 1. The Bertz CT molecular complexity index is 598. The fraction of sp³-hybridized carbons (Fsp3) is 0.500. The summed E-state index contributed by atoms with van der Waals surface area (Å²) in [5, 5.41) is 12.2. The van der Waals surface area contributed by atoms with Crippen LogP contribution in [0.2, 0.25) is 5.02 Å². The summed E-state index contributed by atoms with van der Waals surface area (Å²) in [6.07, 6.45) is 1.72. The third-order valence-electron chi connectivity index (χ3n) is 3.57. The van der Waals surface area contributed by atoms with Crippen molar-refractivity contribution in [3.05, 3.63) is 28.3 Å². The number of nitrogens with one attached hydrogen (secondary N) is 1. The van der Waals surface area contributed by atoms with Crippen LogP contribution in [0, 0.1) is 5.41 Å². The molecule has 1 heterocycles. The molecule has 6 heteroatoms. The molecule has 0 radical (unpaired) electrons. The van der Waals surface area contributed by atoms with Gasteiger partial charge < -0.3 is 15.2 Å². The Morgan fingerprint density at radius 2 is 2.14 bits per heavy atom. The highest BCUT2D eigenvalue weighted by molar-refractivity contribution is 6.31. The fourth-order valence-electron chi connectivity index (χ4n) is 2.50. The van der Waals surface area contributed by atoms with Crippen LogP contribution in [0.4, 0.5) is 0 Å². The molecule has 0 saturated carbocycles. The van der Waals surface area contributed by atoms with Gasteiger partial charge in [0.25, 0.3) is 5.91 Å². The van der Waals surface area contributed by atoms with E-state index in [0.29, 0.717) is 22.9 Å². The van der Waals surface area contributed by atoms with Crippen molar-refractivity contribution in [2.24, 2.45) is 5.41 Å². The second-order valence-electron chi connectivity index (χ2n) is 6.31. The maximum Gasteiger partial charge on any atom is 0.303 e. The largest absolute Gasteiger partial charge is 0.492 e. The molecule has 0 unspecified atom stereocenters. The Labute approximate surface area is 134 Å². The number of carbonyl (C=O) groups excluding carboxylic acids is 1. The second-order valence-corrected chi connectivity index (χ2v) is 6.75. The quantitative estimate of drug-likeness (QED) is 0.872. The molecule has 1 aromatic rings. The number of amides is 1. The van der Waals surface area contributed by atoms with Gasteiger partial charge in [0, 0.05) is 11.6 Å². The van der Waals surface area contributed by atoms with Gasteiger partial charge in [-0.05, 0) is 36.0 Å². The van der Waals surface area contributed by atoms with Crippen LogP contribution in [-0.4, -0.2) is 30.1 Å². The van der Waals surface area contributed by atoms with E-state index in [1.807, 2.05) is 6.07 Å². The Morgan fingerprint density at radius 3 is 2.82 bits per heavy atom. The Kier molecular flexibility index (Phi) is 4.96. The van der Waals surface area contributed by atoms with E-state index in [1.54, 1.807) is 19.9 Å². The number of rotatable bonds is 5. The van der Waals surface area contributed by atoms with Crippen LogP contribution in [0.1, 0.15) is 42.6 Å². The maximum absolute atomic E-state index is 12.4. The minimum absolute atomic E-state index is 0.0164. The molecule has 0 bridgehead atoms. The minimum atomic E-state index is -0.886. The molecular weight excluding hydrogens is 306 g/mol. The van der Waals surface area contributed by atoms with Crippen LogP contribution in [0.25, 0.3) is 0 Å². The van der Waals surface area contributed by atoms with Gasteiger partial charge in [0.1, 0.15) is 5.75 Å². The topological polar surface area (TPSA) is 75.6 Å². The number of benzene rings is 1. The lowest BCUT2D eigenvalue weighted by Crippen LogP contribution is -2.35. The molecule has 1 aliphatic rings.